The Morgan fingerprint density at radius 1 is 1.40 bits per heavy atom. The van der Waals surface area contributed by atoms with Crippen LogP contribution in [0.5, 0.6) is 5.75 Å². The molecule has 0 heterocycles. The molecule has 0 saturated carbocycles. The average Bonchev–Trinajstić information content (AvgIpc) is 2.18. The summed E-state index contributed by atoms with van der Waals surface area (Å²) in [6, 6.07) is 9.92. The van der Waals surface area contributed by atoms with E-state index in [2.05, 4.69) is 6.07 Å². The Balaban J connectivity index is 2.35. The van der Waals surface area contributed by atoms with Gasteiger partial charge in [-0.15, -0.1) is 0 Å². The van der Waals surface area contributed by atoms with Gasteiger partial charge in [-0.05, 0) is 18.2 Å². The first-order valence-corrected chi connectivity index (χ1v) is 6.35. The molecule has 0 bridgehead atoms. The van der Waals surface area contributed by atoms with Gasteiger partial charge in [0.15, 0.2) is 0 Å². The number of ether oxygens (including phenoxy) is 1. The van der Waals surface area contributed by atoms with Gasteiger partial charge in [0.2, 0.25) is 10.0 Å². The fourth-order valence-electron chi connectivity index (χ4n) is 0.926. The monoisotopic (exact) mass is 228 g/mol. The van der Waals surface area contributed by atoms with Crippen LogP contribution in [0.2, 0.25) is 0 Å². The van der Waals surface area contributed by atoms with Gasteiger partial charge < -0.3 is 4.74 Å². The summed E-state index contributed by atoms with van der Waals surface area (Å²) < 4.78 is 28.7. The normalized spacial score (nSPS) is 11.7. The van der Waals surface area contributed by atoms with Crippen LogP contribution in [0.1, 0.15) is 0 Å². The fraction of sp³-hybridized carbons (Fsp3) is 0.400. The molecule has 4 nitrogen and oxygen atoms in total. The van der Waals surface area contributed by atoms with Crippen LogP contribution in [0.15, 0.2) is 24.3 Å². The van der Waals surface area contributed by atoms with Gasteiger partial charge in [0.1, 0.15) is 12.4 Å². The Bertz CT molecular complexity index is 388. The molecular weight excluding hydrogens is 214 g/mol. The Kier molecular flexibility index (Phi) is 4.11. The standard InChI is InChI=1S/C10H14NO3S/c1-11(15(2,12)13)8-9-14-10-6-4-3-5-7-10/h4-7H,8-9H2,1-2H3. The molecule has 0 spiro atoms. The van der Waals surface area contributed by atoms with Gasteiger partial charge in [-0.25, -0.2) is 12.7 Å². The third-order valence-electron chi connectivity index (χ3n) is 1.93. The van der Waals surface area contributed by atoms with E-state index in [4.69, 9.17) is 4.74 Å². The van der Waals surface area contributed by atoms with Crippen molar-refractivity contribution in [1.29, 1.82) is 0 Å². The van der Waals surface area contributed by atoms with Crippen LogP contribution in [-0.4, -0.2) is 39.2 Å². The molecule has 1 aromatic rings. The number of rotatable bonds is 5. The summed E-state index contributed by atoms with van der Waals surface area (Å²) in [6.45, 7) is 0.686. The lowest BCUT2D eigenvalue weighted by atomic mass is 10.3. The molecule has 0 aromatic heterocycles. The maximum Gasteiger partial charge on any atom is 0.211 e. The van der Waals surface area contributed by atoms with Crippen LogP contribution in [0.25, 0.3) is 0 Å². The Morgan fingerprint density at radius 2 is 2.00 bits per heavy atom. The van der Waals surface area contributed by atoms with Crippen molar-refractivity contribution in [2.75, 3.05) is 26.5 Å². The zero-order chi connectivity index (χ0) is 11.3. The van der Waals surface area contributed by atoms with E-state index in [1.165, 1.54) is 17.6 Å². The first-order chi connectivity index (χ1) is 7.00. The highest BCUT2D eigenvalue weighted by molar-refractivity contribution is 7.88. The summed E-state index contributed by atoms with van der Waals surface area (Å²) in [4.78, 5) is 0. The van der Waals surface area contributed by atoms with Gasteiger partial charge in [0, 0.05) is 13.6 Å². The molecule has 5 heteroatoms. The zero-order valence-corrected chi connectivity index (χ0v) is 9.62. The van der Waals surface area contributed by atoms with E-state index in [0.29, 0.717) is 13.2 Å². The summed E-state index contributed by atoms with van der Waals surface area (Å²) in [5, 5.41) is 0. The van der Waals surface area contributed by atoms with Gasteiger partial charge in [-0.1, -0.05) is 12.1 Å². The van der Waals surface area contributed by atoms with E-state index in [-0.39, 0.29) is 0 Å². The second-order valence-electron chi connectivity index (χ2n) is 3.17. The van der Waals surface area contributed by atoms with Crippen molar-refractivity contribution < 1.29 is 13.2 Å². The summed E-state index contributed by atoms with van der Waals surface area (Å²) >= 11 is 0. The molecule has 0 amide bonds. The van der Waals surface area contributed by atoms with Crippen molar-refractivity contribution >= 4 is 10.0 Å². The van der Waals surface area contributed by atoms with Crippen LogP contribution in [0, 0.1) is 6.07 Å². The molecule has 0 atom stereocenters. The third kappa shape index (κ3) is 4.31. The van der Waals surface area contributed by atoms with Crippen molar-refractivity contribution in [2.24, 2.45) is 0 Å². The predicted octanol–water partition coefficient (Wildman–Crippen LogP) is 0.757. The Morgan fingerprint density at radius 3 is 2.53 bits per heavy atom. The van der Waals surface area contributed by atoms with Crippen molar-refractivity contribution in [3.63, 3.8) is 0 Å². The lowest BCUT2D eigenvalue weighted by Crippen LogP contribution is -2.29. The van der Waals surface area contributed by atoms with Crippen molar-refractivity contribution in [3.05, 3.63) is 30.3 Å². The van der Waals surface area contributed by atoms with Crippen molar-refractivity contribution in [2.45, 2.75) is 0 Å². The first kappa shape index (κ1) is 12.0. The highest BCUT2D eigenvalue weighted by atomic mass is 32.2. The molecule has 0 aliphatic rings. The molecule has 0 unspecified atom stereocenters. The van der Waals surface area contributed by atoms with E-state index in [0.717, 1.165) is 5.75 Å². The Hall–Kier alpha value is -1.07. The van der Waals surface area contributed by atoms with Gasteiger partial charge >= 0.3 is 0 Å². The number of hydrogen-bond acceptors (Lipinski definition) is 3. The minimum atomic E-state index is -3.11. The van der Waals surface area contributed by atoms with E-state index in [1.54, 1.807) is 24.3 Å². The lowest BCUT2D eigenvalue weighted by Gasteiger charge is -2.14. The molecule has 0 saturated heterocycles. The first-order valence-electron chi connectivity index (χ1n) is 4.50. The quantitative estimate of drug-likeness (QED) is 0.747. The second kappa shape index (κ2) is 5.14. The highest BCUT2D eigenvalue weighted by Gasteiger charge is 2.09. The molecule has 83 valence electrons. The van der Waals surface area contributed by atoms with Crippen LogP contribution in [0.4, 0.5) is 0 Å². The molecule has 1 rings (SSSR count). The minimum Gasteiger partial charge on any atom is -0.492 e. The number of benzene rings is 1. The summed E-state index contributed by atoms with van der Waals surface area (Å²) in [7, 11) is -1.58. The van der Waals surface area contributed by atoms with Gasteiger partial charge in [0.05, 0.1) is 6.26 Å². The molecule has 1 radical (unpaired) electrons. The molecule has 1 aromatic carbocycles. The molecule has 0 aliphatic heterocycles. The summed E-state index contributed by atoms with van der Waals surface area (Å²) in [6.07, 6.45) is 1.17. The number of nitrogens with zero attached hydrogens (tertiary/aromatic N) is 1. The minimum absolute atomic E-state index is 0.341. The SMILES string of the molecule is CN(CCOc1cc[c]cc1)S(C)(=O)=O. The van der Waals surface area contributed by atoms with E-state index >= 15 is 0 Å². The molecule has 0 N–H and O–H groups in total. The smallest absolute Gasteiger partial charge is 0.211 e. The fourth-order valence-corrected chi connectivity index (χ4v) is 1.33. The third-order valence-corrected chi connectivity index (χ3v) is 3.24. The summed E-state index contributed by atoms with van der Waals surface area (Å²) in [5.41, 5.74) is 0. The van der Waals surface area contributed by atoms with E-state index in [9.17, 15) is 8.42 Å². The maximum absolute atomic E-state index is 11.0. The van der Waals surface area contributed by atoms with Crippen molar-refractivity contribution in [1.82, 2.24) is 4.31 Å². The van der Waals surface area contributed by atoms with Crippen LogP contribution in [-0.2, 0) is 10.0 Å². The number of likely N-dealkylation sites (N-methyl/N-ethyl adjacent to an activating group) is 1. The molecule has 0 aliphatic carbocycles. The lowest BCUT2D eigenvalue weighted by molar-refractivity contribution is 0.287. The number of sulfonamides is 1. The van der Waals surface area contributed by atoms with Gasteiger partial charge in [0.25, 0.3) is 0 Å². The highest BCUT2D eigenvalue weighted by Crippen LogP contribution is 2.07. The van der Waals surface area contributed by atoms with Gasteiger partial charge in [-0.2, -0.15) is 0 Å². The van der Waals surface area contributed by atoms with E-state index < -0.39 is 10.0 Å². The van der Waals surface area contributed by atoms with Crippen LogP contribution in [0.3, 0.4) is 0 Å². The topological polar surface area (TPSA) is 46.6 Å². The molecular formula is C10H14NO3S. The molecule has 0 fully saturated rings. The predicted molar refractivity (Wildman–Crippen MR) is 58.2 cm³/mol. The second-order valence-corrected chi connectivity index (χ2v) is 5.26. The zero-order valence-electron chi connectivity index (χ0n) is 8.80. The Labute approximate surface area is 90.5 Å². The van der Waals surface area contributed by atoms with Crippen molar-refractivity contribution in [3.8, 4) is 5.75 Å². The largest absolute Gasteiger partial charge is 0.492 e. The molecule has 15 heavy (non-hydrogen) atoms. The van der Waals surface area contributed by atoms with Gasteiger partial charge in [-0.3, -0.25) is 0 Å². The van der Waals surface area contributed by atoms with Crippen LogP contribution >= 0.6 is 0 Å². The van der Waals surface area contributed by atoms with E-state index in [1.807, 2.05) is 0 Å². The van der Waals surface area contributed by atoms with Crippen LogP contribution < -0.4 is 4.74 Å². The summed E-state index contributed by atoms with van der Waals surface area (Å²) in [5.74, 6) is 0.718. The average molecular weight is 228 g/mol. The maximum atomic E-state index is 11.0. The number of hydrogen-bond donors (Lipinski definition) is 0.